The molecular formula is C25H50O9. The standard InChI is InChI=1S/C25H50O9/c1-25(27)9-7-5-3-2-4-6-8-11-28-13-15-30-17-19-32-21-23-34-24-22-33-20-18-31-16-14-29-12-10-26/h26-27H,1-24H2. The predicted octanol–water partition coefficient (Wildman–Crippen LogP) is 3.29. The van der Waals surface area contributed by atoms with Crippen LogP contribution in [0, 0.1) is 0 Å². The summed E-state index contributed by atoms with van der Waals surface area (Å²) in [6.07, 6.45) is 8.95. The molecule has 9 heteroatoms. The monoisotopic (exact) mass is 494 g/mol. The van der Waals surface area contributed by atoms with Crippen LogP contribution < -0.4 is 0 Å². The van der Waals surface area contributed by atoms with Gasteiger partial charge in [-0.15, -0.1) is 0 Å². The summed E-state index contributed by atoms with van der Waals surface area (Å²) in [5.41, 5.74) is 0. The van der Waals surface area contributed by atoms with Gasteiger partial charge in [-0.2, -0.15) is 0 Å². The first-order valence-electron chi connectivity index (χ1n) is 12.8. The number of rotatable bonds is 30. The van der Waals surface area contributed by atoms with Gasteiger partial charge in [0.25, 0.3) is 0 Å². The Morgan fingerprint density at radius 3 is 1.06 bits per heavy atom. The van der Waals surface area contributed by atoms with Gasteiger partial charge < -0.3 is 43.4 Å². The van der Waals surface area contributed by atoms with Crippen LogP contribution in [0.1, 0.15) is 51.4 Å². The van der Waals surface area contributed by atoms with Crippen LogP contribution in [-0.4, -0.2) is 109 Å². The first-order chi connectivity index (χ1) is 16.8. The Bertz CT molecular complexity index is 397. The van der Waals surface area contributed by atoms with Gasteiger partial charge in [0, 0.05) is 13.0 Å². The van der Waals surface area contributed by atoms with Crippen LogP contribution in [-0.2, 0) is 33.2 Å². The highest BCUT2D eigenvalue weighted by molar-refractivity contribution is 4.77. The third kappa shape index (κ3) is 31.2. The van der Waals surface area contributed by atoms with Crippen LogP contribution in [0.5, 0.6) is 0 Å². The molecule has 0 aromatic carbocycles. The highest BCUT2D eigenvalue weighted by Crippen LogP contribution is 2.10. The van der Waals surface area contributed by atoms with E-state index in [2.05, 4.69) is 6.58 Å². The molecule has 204 valence electrons. The molecule has 9 nitrogen and oxygen atoms in total. The molecule has 2 N–H and O–H groups in total. The van der Waals surface area contributed by atoms with E-state index in [9.17, 15) is 0 Å². The molecule has 0 spiro atoms. The lowest BCUT2D eigenvalue weighted by atomic mass is 10.1. The molecule has 0 aromatic heterocycles. The van der Waals surface area contributed by atoms with Crippen LogP contribution in [0.25, 0.3) is 0 Å². The first-order valence-corrected chi connectivity index (χ1v) is 12.8. The van der Waals surface area contributed by atoms with E-state index in [-0.39, 0.29) is 6.61 Å². The summed E-state index contributed by atoms with van der Waals surface area (Å²) in [5, 5.41) is 17.6. The van der Waals surface area contributed by atoms with Crippen molar-refractivity contribution in [3.05, 3.63) is 12.3 Å². The zero-order valence-corrected chi connectivity index (χ0v) is 21.2. The van der Waals surface area contributed by atoms with E-state index in [1.807, 2.05) is 0 Å². The van der Waals surface area contributed by atoms with Crippen LogP contribution >= 0.6 is 0 Å². The number of hydrogen-bond donors (Lipinski definition) is 2. The van der Waals surface area contributed by atoms with Crippen molar-refractivity contribution in [3.63, 3.8) is 0 Å². The van der Waals surface area contributed by atoms with Gasteiger partial charge in [-0.3, -0.25) is 0 Å². The molecule has 0 fully saturated rings. The lowest BCUT2D eigenvalue weighted by molar-refractivity contribution is -0.0215. The lowest BCUT2D eigenvalue weighted by Crippen LogP contribution is -2.14. The average molecular weight is 495 g/mol. The summed E-state index contributed by atoms with van der Waals surface area (Å²) < 4.78 is 37.7. The maximum absolute atomic E-state index is 9.01. The second kappa shape index (κ2) is 30.3. The number of hydrogen-bond acceptors (Lipinski definition) is 9. The third-order valence-electron chi connectivity index (χ3n) is 4.72. The Labute approximate surface area is 206 Å². The molecule has 34 heavy (non-hydrogen) atoms. The zero-order chi connectivity index (χ0) is 24.8. The van der Waals surface area contributed by atoms with Gasteiger partial charge in [0.1, 0.15) is 0 Å². The van der Waals surface area contributed by atoms with Crippen LogP contribution in [0.4, 0.5) is 0 Å². The molecule has 0 aliphatic rings. The van der Waals surface area contributed by atoms with E-state index in [0.717, 1.165) is 25.9 Å². The van der Waals surface area contributed by atoms with Gasteiger partial charge in [0.05, 0.1) is 98.3 Å². The topological polar surface area (TPSA) is 105 Å². The maximum atomic E-state index is 9.01. The van der Waals surface area contributed by atoms with E-state index in [1.165, 1.54) is 32.1 Å². The van der Waals surface area contributed by atoms with Crippen molar-refractivity contribution in [2.24, 2.45) is 0 Å². The quantitative estimate of drug-likeness (QED) is 0.115. The van der Waals surface area contributed by atoms with Crippen molar-refractivity contribution < 1.29 is 43.4 Å². The van der Waals surface area contributed by atoms with E-state index < -0.39 is 0 Å². The van der Waals surface area contributed by atoms with Gasteiger partial charge in [-0.05, 0) is 12.8 Å². The second-order valence-electron chi connectivity index (χ2n) is 7.80. The van der Waals surface area contributed by atoms with Crippen molar-refractivity contribution in [1.82, 2.24) is 0 Å². The summed E-state index contributed by atoms with van der Waals surface area (Å²) in [7, 11) is 0. The molecule has 0 saturated heterocycles. The molecule has 0 heterocycles. The van der Waals surface area contributed by atoms with Crippen molar-refractivity contribution in [3.8, 4) is 0 Å². The van der Waals surface area contributed by atoms with Crippen molar-refractivity contribution in [1.29, 1.82) is 0 Å². The summed E-state index contributed by atoms with van der Waals surface area (Å²) in [4.78, 5) is 0. The zero-order valence-electron chi connectivity index (χ0n) is 21.2. The molecule has 0 bridgehead atoms. The lowest BCUT2D eigenvalue weighted by Gasteiger charge is -2.08. The van der Waals surface area contributed by atoms with E-state index >= 15 is 0 Å². The minimum absolute atomic E-state index is 0.0330. The number of allylic oxidation sites excluding steroid dienone is 1. The third-order valence-corrected chi connectivity index (χ3v) is 4.72. The smallest absolute Gasteiger partial charge is 0.0851 e. The SMILES string of the molecule is C=C(O)CCCCCCCCCOCCOCCOCCOCCOCCOCCOCCO. The molecule has 0 rings (SSSR count). The summed E-state index contributed by atoms with van der Waals surface area (Å²) in [6, 6.07) is 0. The molecule has 0 aliphatic carbocycles. The minimum atomic E-state index is 0.0330. The van der Waals surface area contributed by atoms with Gasteiger partial charge in [-0.1, -0.05) is 38.7 Å². The Hall–Kier alpha value is -0.780. The second-order valence-corrected chi connectivity index (χ2v) is 7.80. The molecule has 0 radical (unpaired) electrons. The van der Waals surface area contributed by atoms with E-state index in [1.54, 1.807) is 0 Å². The summed E-state index contributed by atoms with van der Waals surface area (Å²) in [6.45, 7) is 11.1. The van der Waals surface area contributed by atoms with Gasteiger partial charge in [-0.25, -0.2) is 0 Å². The molecule has 0 aliphatic heterocycles. The normalized spacial score (nSPS) is 11.3. The first kappa shape index (κ1) is 33.2. The van der Waals surface area contributed by atoms with Gasteiger partial charge >= 0.3 is 0 Å². The molecule has 0 amide bonds. The Kier molecular flexibility index (Phi) is 29.6. The summed E-state index contributed by atoms with van der Waals surface area (Å²) >= 11 is 0. The Balaban J connectivity index is 3.01. The minimum Gasteiger partial charge on any atom is -0.513 e. The molecule has 0 aromatic rings. The van der Waals surface area contributed by atoms with Gasteiger partial charge in [0.15, 0.2) is 0 Å². The fourth-order valence-corrected chi connectivity index (χ4v) is 2.90. The van der Waals surface area contributed by atoms with Crippen molar-refractivity contribution >= 4 is 0 Å². The van der Waals surface area contributed by atoms with Gasteiger partial charge in [0.2, 0.25) is 0 Å². The Morgan fingerprint density at radius 2 is 0.706 bits per heavy atom. The molecule has 0 unspecified atom stereocenters. The largest absolute Gasteiger partial charge is 0.513 e. The number of ether oxygens (including phenoxy) is 7. The Morgan fingerprint density at radius 1 is 0.412 bits per heavy atom. The molecular weight excluding hydrogens is 444 g/mol. The fraction of sp³-hybridized carbons (Fsp3) is 0.920. The average Bonchev–Trinajstić information content (AvgIpc) is 2.83. The molecule has 0 atom stereocenters. The predicted molar refractivity (Wildman–Crippen MR) is 132 cm³/mol. The number of aliphatic hydroxyl groups excluding tert-OH is 2. The highest BCUT2D eigenvalue weighted by Gasteiger charge is 1.96. The van der Waals surface area contributed by atoms with Crippen LogP contribution in [0.15, 0.2) is 12.3 Å². The number of aliphatic hydroxyl groups is 2. The van der Waals surface area contributed by atoms with E-state index in [4.69, 9.17) is 43.4 Å². The summed E-state index contributed by atoms with van der Waals surface area (Å²) in [5.74, 6) is 0.300. The fourth-order valence-electron chi connectivity index (χ4n) is 2.90. The van der Waals surface area contributed by atoms with E-state index in [0.29, 0.717) is 91.6 Å². The molecule has 0 saturated carbocycles. The van der Waals surface area contributed by atoms with Crippen molar-refractivity contribution in [2.45, 2.75) is 51.4 Å². The number of unbranched alkanes of at least 4 members (excludes halogenated alkanes) is 6. The van der Waals surface area contributed by atoms with Crippen LogP contribution in [0.2, 0.25) is 0 Å². The van der Waals surface area contributed by atoms with Crippen LogP contribution in [0.3, 0.4) is 0 Å². The van der Waals surface area contributed by atoms with Crippen molar-refractivity contribution in [2.75, 3.05) is 99.1 Å². The maximum Gasteiger partial charge on any atom is 0.0851 e. The highest BCUT2D eigenvalue weighted by atomic mass is 16.6.